The highest BCUT2D eigenvalue weighted by molar-refractivity contribution is 5.94. The monoisotopic (exact) mass is 342 g/mol. The van der Waals surface area contributed by atoms with Crippen LogP contribution in [-0.2, 0) is 9.53 Å². The van der Waals surface area contributed by atoms with E-state index in [0.717, 1.165) is 0 Å². The summed E-state index contributed by atoms with van der Waals surface area (Å²) in [7, 11) is 0. The maximum Gasteiger partial charge on any atom is 0.334 e. The number of carboxylic acids is 1. The zero-order valence-electron chi connectivity index (χ0n) is 13.7. The van der Waals surface area contributed by atoms with Gasteiger partial charge in [-0.2, -0.15) is 0 Å². The Labute approximate surface area is 144 Å². The van der Waals surface area contributed by atoms with E-state index in [-0.39, 0.29) is 18.6 Å². The van der Waals surface area contributed by atoms with Gasteiger partial charge >= 0.3 is 5.97 Å². The first kappa shape index (κ1) is 16.9. The highest BCUT2D eigenvalue weighted by Crippen LogP contribution is 2.22. The van der Waals surface area contributed by atoms with E-state index in [0.29, 0.717) is 23.6 Å². The predicted octanol–water partition coefficient (Wildman–Crippen LogP) is 2.19. The lowest BCUT2D eigenvalue weighted by atomic mass is 10.1. The summed E-state index contributed by atoms with van der Waals surface area (Å²) in [6, 6.07) is 10.3. The van der Waals surface area contributed by atoms with E-state index in [9.17, 15) is 9.59 Å². The standard InChI is InChI=1S/C18H18N2O5/c1-12-10-20(11-16(24-12)18(22)23)17(21)13-4-6-14(7-5-13)25-15-3-2-8-19-9-15/h2-9,12,16H,10-11H2,1H3,(H,22,23)/t12-,16?/m1/s1. The summed E-state index contributed by atoms with van der Waals surface area (Å²) in [6.45, 7) is 2.14. The fraction of sp³-hybridized carbons (Fsp3) is 0.278. The number of pyridine rings is 1. The van der Waals surface area contributed by atoms with Crippen LogP contribution in [0.5, 0.6) is 11.5 Å². The van der Waals surface area contributed by atoms with E-state index in [1.165, 1.54) is 4.90 Å². The van der Waals surface area contributed by atoms with Gasteiger partial charge in [-0.25, -0.2) is 4.79 Å². The molecule has 1 unspecified atom stereocenters. The van der Waals surface area contributed by atoms with Gasteiger partial charge in [0.2, 0.25) is 0 Å². The van der Waals surface area contributed by atoms with Crippen LogP contribution in [-0.4, -0.2) is 52.2 Å². The molecule has 0 radical (unpaired) electrons. The molecule has 1 saturated heterocycles. The summed E-state index contributed by atoms with van der Waals surface area (Å²) in [5.74, 6) is -0.102. The van der Waals surface area contributed by atoms with Gasteiger partial charge in [-0.05, 0) is 43.3 Å². The lowest BCUT2D eigenvalue weighted by Gasteiger charge is -2.35. The molecule has 25 heavy (non-hydrogen) atoms. The molecule has 2 heterocycles. The molecule has 2 atom stereocenters. The van der Waals surface area contributed by atoms with Crippen LogP contribution in [0.25, 0.3) is 0 Å². The lowest BCUT2D eigenvalue weighted by Crippen LogP contribution is -2.51. The number of benzene rings is 1. The van der Waals surface area contributed by atoms with Crippen LogP contribution in [0.4, 0.5) is 0 Å². The Balaban J connectivity index is 1.69. The van der Waals surface area contributed by atoms with Crippen molar-refractivity contribution in [1.29, 1.82) is 0 Å². The molecule has 1 fully saturated rings. The van der Waals surface area contributed by atoms with E-state index in [4.69, 9.17) is 14.6 Å². The van der Waals surface area contributed by atoms with Gasteiger partial charge in [0.15, 0.2) is 6.10 Å². The van der Waals surface area contributed by atoms with Gasteiger partial charge in [0.1, 0.15) is 11.5 Å². The largest absolute Gasteiger partial charge is 0.479 e. The van der Waals surface area contributed by atoms with Crippen LogP contribution in [0.1, 0.15) is 17.3 Å². The fourth-order valence-electron chi connectivity index (χ4n) is 2.65. The second-order valence-electron chi connectivity index (χ2n) is 5.80. The average Bonchev–Trinajstić information content (AvgIpc) is 2.62. The molecule has 0 spiro atoms. The SMILES string of the molecule is C[C@@H]1CN(C(=O)c2ccc(Oc3cccnc3)cc2)CC(C(=O)O)O1. The first-order valence-electron chi connectivity index (χ1n) is 7.88. The molecule has 1 aliphatic heterocycles. The van der Waals surface area contributed by atoms with Crippen LogP contribution in [0.2, 0.25) is 0 Å². The molecule has 0 aliphatic carbocycles. The molecular formula is C18H18N2O5. The van der Waals surface area contributed by atoms with Crippen LogP contribution in [0.15, 0.2) is 48.8 Å². The molecule has 7 heteroatoms. The van der Waals surface area contributed by atoms with Crippen molar-refractivity contribution in [2.45, 2.75) is 19.1 Å². The summed E-state index contributed by atoms with van der Waals surface area (Å²) in [5, 5.41) is 9.12. The molecule has 130 valence electrons. The van der Waals surface area contributed by atoms with Crippen LogP contribution in [0.3, 0.4) is 0 Å². The molecule has 2 aromatic rings. The van der Waals surface area contributed by atoms with Gasteiger partial charge in [0.25, 0.3) is 5.91 Å². The Morgan fingerprint density at radius 1 is 1.20 bits per heavy atom. The molecule has 1 amide bonds. The number of ether oxygens (including phenoxy) is 2. The van der Waals surface area contributed by atoms with Gasteiger partial charge in [-0.3, -0.25) is 9.78 Å². The topological polar surface area (TPSA) is 89.0 Å². The molecule has 3 rings (SSSR count). The molecular weight excluding hydrogens is 324 g/mol. The van der Waals surface area contributed by atoms with Gasteiger partial charge in [-0.1, -0.05) is 0 Å². The molecule has 0 bridgehead atoms. The van der Waals surface area contributed by atoms with Gasteiger partial charge in [-0.15, -0.1) is 0 Å². The maximum absolute atomic E-state index is 12.6. The van der Waals surface area contributed by atoms with Gasteiger partial charge < -0.3 is 19.5 Å². The molecule has 1 aliphatic rings. The van der Waals surface area contributed by atoms with E-state index in [1.807, 2.05) is 0 Å². The second-order valence-corrected chi connectivity index (χ2v) is 5.80. The van der Waals surface area contributed by atoms with Crippen LogP contribution in [0, 0.1) is 0 Å². The minimum Gasteiger partial charge on any atom is -0.479 e. The smallest absolute Gasteiger partial charge is 0.334 e. The summed E-state index contributed by atoms with van der Waals surface area (Å²) in [4.78, 5) is 29.2. The van der Waals surface area contributed by atoms with Crippen molar-refractivity contribution in [3.63, 3.8) is 0 Å². The fourth-order valence-corrected chi connectivity index (χ4v) is 2.65. The first-order chi connectivity index (χ1) is 12.0. The van der Waals surface area contributed by atoms with Crippen LogP contribution >= 0.6 is 0 Å². The molecule has 7 nitrogen and oxygen atoms in total. The van der Waals surface area contributed by atoms with E-state index in [1.54, 1.807) is 55.7 Å². The molecule has 1 aromatic carbocycles. The normalized spacial score (nSPS) is 20.1. The Morgan fingerprint density at radius 3 is 2.60 bits per heavy atom. The molecule has 1 N–H and O–H groups in total. The number of rotatable bonds is 4. The number of aliphatic carboxylic acids is 1. The molecule has 0 saturated carbocycles. The first-order valence-corrected chi connectivity index (χ1v) is 7.88. The predicted molar refractivity (Wildman–Crippen MR) is 88.6 cm³/mol. The van der Waals surface area contributed by atoms with Gasteiger partial charge in [0, 0.05) is 18.3 Å². The highest BCUT2D eigenvalue weighted by Gasteiger charge is 2.32. The number of nitrogens with zero attached hydrogens (tertiary/aromatic N) is 2. The Hall–Kier alpha value is -2.93. The number of morpholine rings is 1. The van der Waals surface area contributed by atoms with Crippen molar-refractivity contribution in [3.8, 4) is 11.5 Å². The van der Waals surface area contributed by atoms with E-state index in [2.05, 4.69) is 4.98 Å². The summed E-state index contributed by atoms with van der Waals surface area (Å²) < 4.78 is 11.0. The Kier molecular flexibility index (Phi) is 4.95. The van der Waals surface area contributed by atoms with Crippen molar-refractivity contribution < 1.29 is 24.2 Å². The van der Waals surface area contributed by atoms with Crippen molar-refractivity contribution in [3.05, 3.63) is 54.4 Å². The maximum atomic E-state index is 12.6. The van der Waals surface area contributed by atoms with E-state index < -0.39 is 12.1 Å². The number of hydrogen-bond donors (Lipinski definition) is 1. The van der Waals surface area contributed by atoms with Crippen molar-refractivity contribution in [2.75, 3.05) is 13.1 Å². The molecule has 1 aromatic heterocycles. The number of amides is 1. The minimum absolute atomic E-state index is 0.0342. The number of hydrogen-bond acceptors (Lipinski definition) is 5. The number of carboxylic acid groups (broad SMARTS) is 1. The summed E-state index contributed by atoms with van der Waals surface area (Å²) in [6.07, 6.45) is 1.93. The number of carbonyl (C=O) groups excluding carboxylic acids is 1. The zero-order valence-corrected chi connectivity index (χ0v) is 13.7. The Morgan fingerprint density at radius 2 is 1.96 bits per heavy atom. The third kappa shape index (κ3) is 4.13. The highest BCUT2D eigenvalue weighted by atomic mass is 16.5. The summed E-state index contributed by atoms with van der Waals surface area (Å²) >= 11 is 0. The van der Waals surface area contributed by atoms with Crippen molar-refractivity contribution >= 4 is 11.9 Å². The second kappa shape index (κ2) is 7.31. The number of carbonyl (C=O) groups is 2. The number of aromatic nitrogens is 1. The van der Waals surface area contributed by atoms with E-state index >= 15 is 0 Å². The Bertz CT molecular complexity index is 748. The van der Waals surface area contributed by atoms with Crippen LogP contribution < -0.4 is 4.74 Å². The zero-order chi connectivity index (χ0) is 17.8. The van der Waals surface area contributed by atoms with Gasteiger partial charge in [0.05, 0.1) is 18.8 Å². The lowest BCUT2D eigenvalue weighted by molar-refractivity contribution is -0.160. The average molecular weight is 342 g/mol. The third-order valence-electron chi connectivity index (χ3n) is 3.79. The quantitative estimate of drug-likeness (QED) is 0.916. The van der Waals surface area contributed by atoms with Crippen molar-refractivity contribution in [1.82, 2.24) is 9.88 Å². The third-order valence-corrected chi connectivity index (χ3v) is 3.79. The minimum atomic E-state index is -1.07. The summed E-state index contributed by atoms with van der Waals surface area (Å²) in [5.41, 5.74) is 0.469. The van der Waals surface area contributed by atoms with Crippen molar-refractivity contribution in [2.24, 2.45) is 0 Å².